The Morgan fingerprint density at radius 1 is 0.895 bits per heavy atom. The highest BCUT2D eigenvalue weighted by Gasteiger charge is 2.44. The monoisotopic (exact) mass is 354 g/mol. The lowest BCUT2D eigenvalue weighted by atomic mass is 10.5. The van der Waals surface area contributed by atoms with Crippen molar-refractivity contribution in [2.45, 2.75) is 8.91 Å². The smallest absolute Gasteiger partial charge is 0.340 e. The van der Waals surface area contributed by atoms with Crippen molar-refractivity contribution in [3.05, 3.63) is 22.1 Å². The van der Waals surface area contributed by atoms with Crippen LogP contribution in [0.25, 0.3) is 0 Å². The molecule has 1 aromatic rings. The summed E-state index contributed by atoms with van der Waals surface area (Å²) in [6.07, 6.45) is 0. The molecule has 0 spiro atoms. The van der Waals surface area contributed by atoms with Crippen LogP contribution in [0.3, 0.4) is 0 Å². The van der Waals surface area contributed by atoms with Crippen LogP contribution < -0.4 is 16.2 Å². The summed E-state index contributed by atoms with van der Waals surface area (Å²) in [5, 5.41) is 35.9. The zero-order valence-electron chi connectivity index (χ0n) is 8.64. The van der Waals surface area contributed by atoms with E-state index in [9.17, 15) is 10.4 Å². The first kappa shape index (κ1) is 16.8. The van der Waals surface area contributed by atoms with Gasteiger partial charge in [0.05, 0.1) is 0 Å². The zero-order chi connectivity index (χ0) is 15.0. The molecule has 14 heteroatoms. The Hall–Kier alpha value is -0.270. The molecule has 10 nitrogen and oxygen atoms in total. The molecule has 0 saturated heterocycles. The van der Waals surface area contributed by atoms with E-state index in [1.54, 1.807) is 0 Å². The van der Waals surface area contributed by atoms with Crippen molar-refractivity contribution in [3.63, 3.8) is 0 Å². The number of anilines is 1. The van der Waals surface area contributed by atoms with Crippen LogP contribution in [-0.4, -0.2) is 25.4 Å². The minimum atomic E-state index is -2.56. The number of nitrogens with one attached hydrogen (secondary N) is 2. The topological polar surface area (TPSA) is 160 Å². The third-order valence-corrected chi connectivity index (χ3v) is 3.07. The number of hydrogen-bond donors (Lipinski definition) is 5. The standard InChI is InChI=1S/C5H6Cl4N6O4/c6-4(7,14(16)17)1-11-2(13-3(10)12-1)5(8,9)15(18)19/h14-16,18H,(H2,10,11,12,13). The lowest BCUT2D eigenvalue weighted by Crippen LogP contribution is -3.10. The number of halogens is 4. The van der Waals surface area contributed by atoms with E-state index in [0.717, 1.165) is 0 Å². The van der Waals surface area contributed by atoms with Gasteiger partial charge < -0.3 is 16.1 Å². The minimum absolute atomic E-state index is 0.543. The van der Waals surface area contributed by atoms with Gasteiger partial charge in [-0.05, 0) is 46.4 Å². The van der Waals surface area contributed by atoms with Gasteiger partial charge in [0.25, 0.3) is 0 Å². The number of nitrogens with two attached hydrogens (primary N) is 1. The lowest BCUT2D eigenvalue weighted by molar-refractivity contribution is -1.07. The summed E-state index contributed by atoms with van der Waals surface area (Å²) < 4.78 is -5.12. The van der Waals surface area contributed by atoms with Crippen LogP contribution >= 0.6 is 46.4 Å². The Morgan fingerprint density at radius 2 is 1.21 bits per heavy atom. The molecule has 0 aliphatic heterocycles. The van der Waals surface area contributed by atoms with Gasteiger partial charge in [0.2, 0.25) is 17.6 Å². The third-order valence-electron chi connectivity index (χ3n) is 1.75. The normalized spacial score (nSPS) is 16.2. The third kappa shape index (κ3) is 3.44. The number of aromatic nitrogens is 3. The second-order valence-electron chi connectivity index (χ2n) is 3.10. The van der Waals surface area contributed by atoms with E-state index in [1.165, 1.54) is 0 Å². The second-order valence-corrected chi connectivity index (χ2v) is 5.75. The maximum absolute atomic E-state index is 10.8. The molecule has 1 heterocycles. The molecule has 0 radical (unpaired) electrons. The molecular weight excluding hydrogens is 350 g/mol. The summed E-state index contributed by atoms with van der Waals surface area (Å²) in [7, 11) is 0. The summed E-state index contributed by atoms with van der Waals surface area (Å²) in [6, 6.07) is 0. The van der Waals surface area contributed by atoms with Crippen LogP contribution in [0.15, 0.2) is 0 Å². The van der Waals surface area contributed by atoms with Gasteiger partial charge in [-0.25, -0.2) is 10.4 Å². The van der Waals surface area contributed by atoms with E-state index < -0.39 is 37.0 Å². The molecule has 19 heavy (non-hydrogen) atoms. The Labute approximate surface area is 125 Å². The van der Waals surface area contributed by atoms with Crippen molar-refractivity contribution < 1.29 is 20.9 Å². The van der Waals surface area contributed by atoms with Gasteiger partial charge in [-0.15, -0.1) is 0 Å². The van der Waals surface area contributed by atoms with E-state index in [4.69, 9.17) is 62.6 Å². The molecule has 0 bridgehead atoms. The molecule has 0 aliphatic rings. The first-order valence-electron chi connectivity index (χ1n) is 4.24. The number of quaternary nitrogens is 2. The average molecular weight is 356 g/mol. The number of alkyl halides is 4. The highest BCUT2D eigenvalue weighted by molar-refractivity contribution is 6.46. The van der Waals surface area contributed by atoms with Gasteiger partial charge in [-0.3, -0.25) is 0 Å². The van der Waals surface area contributed by atoms with Gasteiger partial charge in [-0.2, -0.15) is 25.4 Å². The largest absolute Gasteiger partial charge is 0.597 e. The lowest BCUT2D eigenvalue weighted by Gasteiger charge is -2.27. The summed E-state index contributed by atoms with van der Waals surface area (Å²) >= 11 is 22.0. The molecule has 6 N–H and O–H groups in total. The van der Waals surface area contributed by atoms with Crippen molar-refractivity contribution >= 4 is 52.4 Å². The predicted octanol–water partition coefficient (Wildman–Crippen LogP) is -1.83. The van der Waals surface area contributed by atoms with Crippen molar-refractivity contribution in [2.75, 3.05) is 5.73 Å². The fraction of sp³-hybridized carbons (Fsp3) is 0.400. The van der Waals surface area contributed by atoms with Crippen LogP contribution in [0.1, 0.15) is 11.6 Å². The molecule has 2 unspecified atom stereocenters. The highest BCUT2D eigenvalue weighted by atomic mass is 35.5. The van der Waals surface area contributed by atoms with Crippen molar-refractivity contribution in [2.24, 2.45) is 0 Å². The van der Waals surface area contributed by atoms with Crippen LogP contribution in [0.5, 0.6) is 0 Å². The Kier molecular flexibility index (Phi) is 4.96. The van der Waals surface area contributed by atoms with E-state index in [0.29, 0.717) is 0 Å². The SMILES string of the molecule is Nc1nc(C(Cl)(Cl)[NH+]([O-])O)nc(C(Cl)(Cl)[NH+]([O-])O)n1. The summed E-state index contributed by atoms with van der Waals surface area (Å²) in [5.41, 5.74) is 5.27. The van der Waals surface area contributed by atoms with Crippen LogP contribution in [0.2, 0.25) is 0 Å². The van der Waals surface area contributed by atoms with Gasteiger partial charge in [0, 0.05) is 0 Å². The van der Waals surface area contributed by atoms with Gasteiger partial charge in [0.15, 0.2) is 0 Å². The molecule has 1 rings (SSSR count). The zero-order valence-corrected chi connectivity index (χ0v) is 11.7. The van der Waals surface area contributed by atoms with E-state index in [-0.39, 0.29) is 0 Å². The maximum Gasteiger partial charge on any atom is 0.340 e. The average Bonchev–Trinajstić information content (AvgIpc) is 2.27. The van der Waals surface area contributed by atoms with Gasteiger partial charge in [-0.1, -0.05) is 0 Å². The number of hydrogen-bond acceptors (Lipinski definition) is 8. The number of rotatable bonds is 4. The quantitative estimate of drug-likeness (QED) is 0.239. The van der Waals surface area contributed by atoms with Crippen molar-refractivity contribution in [1.82, 2.24) is 15.0 Å². The molecule has 0 fully saturated rings. The Balaban J connectivity index is 3.37. The Morgan fingerprint density at radius 3 is 1.47 bits per heavy atom. The maximum atomic E-state index is 10.8. The highest BCUT2D eigenvalue weighted by Crippen LogP contribution is 2.28. The second kappa shape index (κ2) is 5.61. The molecule has 1 aromatic heterocycles. The van der Waals surface area contributed by atoms with E-state index >= 15 is 0 Å². The molecule has 0 saturated carbocycles. The van der Waals surface area contributed by atoms with E-state index in [2.05, 4.69) is 15.0 Å². The molecule has 0 aliphatic carbocycles. The molecule has 108 valence electrons. The molecular formula is C5H6Cl4N6O4. The van der Waals surface area contributed by atoms with E-state index in [1.807, 2.05) is 0 Å². The van der Waals surface area contributed by atoms with Gasteiger partial charge >= 0.3 is 8.91 Å². The first-order chi connectivity index (χ1) is 8.49. The summed E-state index contributed by atoms with van der Waals surface area (Å²) in [6.45, 7) is 0. The fourth-order valence-corrected chi connectivity index (χ4v) is 1.20. The predicted molar refractivity (Wildman–Crippen MR) is 63.2 cm³/mol. The number of nitrogens with zero attached hydrogens (tertiary/aromatic N) is 3. The minimum Gasteiger partial charge on any atom is -0.597 e. The van der Waals surface area contributed by atoms with Crippen LogP contribution in [0, 0.1) is 10.4 Å². The summed E-state index contributed by atoms with van der Waals surface area (Å²) in [4.78, 5) is 10.2. The molecule has 0 aromatic carbocycles. The van der Waals surface area contributed by atoms with Crippen molar-refractivity contribution in [3.8, 4) is 0 Å². The molecule has 2 atom stereocenters. The van der Waals surface area contributed by atoms with Crippen LogP contribution in [-0.2, 0) is 8.91 Å². The van der Waals surface area contributed by atoms with Gasteiger partial charge in [0.1, 0.15) is 0 Å². The number of hydroxylamine groups is 4. The first-order valence-corrected chi connectivity index (χ1v) is 5.75. The summed E-state index contributed by atoms with van der Waals surface area (Å²) in [5.74, 6) is -1.96. The molecule has 0 amide bonds. The van der Waals surface area contributed by atoms with Crippen LogP contribution in [0.4, 0.5) is 5.95 Å². The Bertz CT molecular complexity index is 433. The van der Waals surface area contributed by atoms with Crippen molar-refractivity contribution in [1.29, 1.82) is 0 Å². The number of nitrogen functional groups attached to an aromatic ring is 1. The fourth-order valence-electron chi connectivity index (χ4n) is 0.864.